The number of nitrogens with zero attached hydrogens (tertiary/aromatic N) is 5. The van der Waals surface area contributed by atoms with Gasteiger partial charge in [-0.15, -0.1) is 11.3 Å². The summed E-state index contributed by atoms with van der Waals surface area (Å²) < 4.78 is 4.25. The van der Waals surface area contributed by atoms with Crippen molar-refractivity contribution in [3.63, 3.8) is 0 Å². The number of primary amides is 1. The molecule has 0 saturated carbocycles. The third-order valence-corrected chi connectivity index (χ3v) is 11.0. The predicted molar refractivity (Wildman–Crippen MR) is 193 cm³/mol. The minimum absolute atomic E-state index is 0.131. The Morgan fingerprint density at radius 2 is 1.67 bits per heavy atom. The van der Waals surface area contributed by atoms with Crippen LogP contribution in [0.25, 0.3) is 27.3 Å². The molecule has 49 heavy (non-hydrogen) atoms. The Kier molecular flexibility index (Phi) is 7.84. The molecule has 2 aliphatic rings. The monoisotopic (exact) mass is 664 g/mol. The van der Waals surface area contributed by atoms with E-state index in [2.05, 4.69) is 124 Å². The second-order valence-corrected chi connectivity index (χ2v) is 13.8. The van der Waals surface area contributed by atoms with E-state index >= 15 is 0 Å². The summed E-state index contributed by atoms with van der Waals surface area (Å²) in [7, 11) is 0. The highest BCUT2D eigenvalue weighted by Crippen LogP contribution is 2.45. The highest BCUT2D eigenvalue weighted by Gasteiger charge is 2.44. The van der Waals surface area contributed by atoms with Gasteiger partial charge >= 0.3 is 0 Å². The van der Waals surface area contributed by atoms with Crippen molar-refractivity contribution in [3.8, 4) is 21.7 Å². The summed E-state index contributed by atoms with van der Waals surface area (Å²) in [5.74, 6) is -0.474. The van der Waals surface area contributed by atoms with Gasteiger partial charge in [-0.25, -0.2) is 4.98 Å². The lowest BCUT2D eigenvalue weighted by Crippen LogP contribution is -2.43. The van der Waals surface area contributed by atoms with Gasteiger partial charge in [0.25, 0.3) is 5.91 Å². The van der Waals surface area contributed by atoms with Crippen LogP contribution in [0.3, 0.4) is 0 Å². The summed E-state index contributed by atoms with van der Waals surface area (Å²) in [6.07, 6.45) is 17.2. The number of fused-ring (bicyclic) bond motifs is 1. The molecule has 244 valence electrons. The Morgan fingerprint density at radius 3 is 2.37 bits per heavy atom. The number of allylic oxidation sites excluding steroid dienone is 4. The number of carbonyl (C=O) groups excluding carboxylic acids is 2. The molecule has 0 radical (unpaired) electrons. The number of thiophene rings is 1. The van der Waals surface area contributed by atoms with E-state index in [-0.39, 0.29) is 11.8 Å². The van der Waals surface area contributed by atoms with Crippen LogP contribution in [0, 0.1) is 12.8 Å². The second kappa shape index (κ2) is 12.5. The van der Waals surface area contributed by atoms with E-state index in [4.69, 9.17) is 10.8 Å². The lowest BCUT2D eigenvalue weighted by atomic mass is 9.70. The number of rotatable bonds is 8. The SMILES string of the molecule is Cc1nn(C(c2ccccc2)(c2ccccc2)C2C=CC=CC2)cc1-c1ccc2ncc(-c3ccc(C(=O)N4CCC[C@H]4C(N)=O)s3)n2c1. The molecule has 2 N–H and O–H groups in total. The lowest BCUT2D eigenvalue weighted by Gasteiger charge is -2.41. The normalized spacial score (nSPS) is 17.6. The van der Waals surface area contributed by atoms with Crippen LogP contribution in [0.15, 0.2) is 128 Å². The number of carbonyl (C=O) groups is 2. The number of hydrogen-bond acceptors (Lipinski definition) is 5. The molecule has 5 heterocycles. The van der Waals surface area contributed by atoms with Crippen molar-refractivity contribution in [1.82, 2.24) is 24.1 Å². The quantitative estimate of drug-likeness (QED) is 0.185. The fraction of sp³-hybridized carbons (Fsp3) is 0.200. The van der Waals surface area contributed by atoms with Crippen LogP contribution in [0.2, 0.25) is 0 Å². The van der Waals surface area contributed by atoms with E-state index in [1.165, 1.54) is 22.5 Å². The van der Waals surface area contributed by atoms with E-state index in [1.807, 2.05) is 24.4 Å². The first-order chi connectivity index (χ1) is 23.9. The molecule has 2 atom stereocenters. The van der Waals surface area contributed by atoms with E-state index in [0.717, 1.165) is 45.9 Å². The van der Waals surface area contributed by atoms with Crippen LogP contribution in [0.5, 0.6) is 0 Å². The van der Waals surface area contributed by atoms with E-state index in [1.54, 1.807) is 4.90 Å². The number of aryl methyl sites for hydroxylation is 1. The third-order valence-electron chi connectivity index (χ3n) is 9.93. The summed E-state index contributed by atoms with van der Waals surface area (Å²) in [5.41, 5.74) is 12.0. The smallest absolute Gasteiger partial charge is 0.264 e. The van der Waals surface area contributed by atoms with Gasteiger partial charge < -0.3 is 10.6 Å². The van der Waals surface area contributed by atoms with Crippen molar-refractivity contribution in [2.24, 2.45) is 11.7 Å². The minimum atomic E-state index is -0.584. The van der Waals surface area contributed by atoms with Gasteiger partial charge in [-0.2, -0.15) is 5.10 Å². The fourth-order valence-electron chi connectivity index (χ4n) is 7.59. The molecule has 4 aromatic heterocycles. The summed E-state index contributed by atoms with van der Waals surface area (Å²) in [6.45, 7) is 2.60. The maximum absolute atomic E-state index is 13.4. The molecule has 8 rings (SSSR count). The van der Waals surface area contributed by atoms with Gasteiger partial charge in [-0.05, 0) is 61.6 Å². The molecule has 2 aromatic carbocycles. The zero-order valence-corrected chi connectivity index (χ0v) is 28.0. The Balaban J connectivity index is 1.21. The average Bonchev–Trinajstić information content (AvgIpc) is 3.96. The largest absolute Gasteiger partial charge is 0.368 e. The molecule has 6 aromatic rings. The number of imidazole rings is 1. The molecule has 1 aliphatic heterocycles. The summed E-state index contributed by atoms with van der Waals surface area (Å²) in [5, 5.41) is 5.28. The van der Waals surface area contributed by atoms with E-state index < -0.39 is 17.5 Å². The number of likely N-dealkylation sites (tertiary alicyclic amines) is 1. The van der Waals surface area contributed by atoms with Gasteiger partial charge in [0.15, 0.2) is 0 Å². The Hall–Kier alpha value is -5.54. The molecular weight excluding hydrogens is 629 g/mol. The van der Waals surface area contributed by atoms with Crippen LogP contribution in [0.4, 0.5) is 0 Å². The highest BCUT2D eigenvalue weighted by atomic mass is 32.1. The number of nitrogens with two attached hydrogens (primary N) is 1. The molecule has 1 aliphatic carbocycles. The van der Waals surface area contributed by atoms with Gasteiger partial charge in [-0.3, -0.25) is 18.7 Å². The molecule has 8 nitrogen and oxygen atoms in total. The van der Waals surface area contributed by atoms with Gasteiger partial charge in [0.1, 0.15) is 17.2 Å². The first kappa shape index (κ1) is 30.8. The van der Waals surface area contributed by atoms with Gasteiger partial charge in [-0.1, -0.05) is 85.0 Å². The number of benzene rings is 2. The standard InChI is InChI=1S/C40H36N6O2S/c1-27-32(26-46(43-27)40(29-12-5-2-6-13-29,30-14-7-3-8-15-30)31-16-9-4-10-17-31)28-19-22-37-42-24-34(45(37)25-28)35-20-21-36(49-35)39(48)44-23-11-18-33(44)38(41)47/h2-10,12-16,19-22,24-26,31,33H,11,17-18,23H2,1H3,(H2,41,47)/t31?,33-/m0/s1. The summed E-state index contributed by atoms with van der Waals surface area (Å²) >= 11 is 1.40. The number of amides is 2. The molecule has 9 heteroatoms. The highest BCUT2D eigenvalue weighted by molar-refractivity contribution is 7.17. The lowest BCUT2D eigenvalue weighted by molar-refractivity contribution is -0.121. The topological polar surface area (TPSA) is 98.5 Å². The Morgan fingerprint density at radius 1 is 0.918 bits per heavy atom. The van der Waals surface area contributed by atoms with Crippen molar-refractivity contribution in [2.75, 3.05) is 6.54 Å². The van der Waals surface area contributed by atoms with Crippen LogP contribution >= 0.6 is 11.3 Å². The maximum Gasteiger partial charge on any atom is 0.264 e. The van der Waals surface area contributed by atoms with Crippen molar-refractivity contribution in [3.05, 3.63) is 150 Å². The number of aromatic nitrogens is 4. The first-order valence-corrected chi connectivity index (χ1v) is 17.5. The Labute approximate surface area is 288 Å². The number of hydrogen-bond donors (Lipinski definition) is 1. The first-order valence-electron chi connectivity index (χ1n) is 16.6. The number of pyridine rings is 1. The predicted octanol–water partition coefficient (Wildman–Crippen LogP) is 7.25. The molecule has 0 spiro atoms. The second-order valence-electron chi connectivity index (χ2n) is 12.7. The maximum atomic E-state index is 13.4. The van der Waals surface area contributed by atoms with Gasteiger partial charge in [0.2, 0.25) is 5.91 Å². The van der Waals surface area contributed by atoms with Gasteiger partial charge in [0.05, 0.1) is 27.3 Å². The van der Waals surface area contributed by atoms with Crippen LogP contribution < -0.4 is 5.73 Å². The van der Waals surface area contributed by atoms with E-state index in [0.29, 0.717) is 17.8 Å². The van der Waals surface area contributed by atoms with Crippen molar-refractivity contribution in [1.29, 1.82) is 0 Å². The summed E-state index contributed by atoms with van der Waals surface area (Å²) in [6, 6.07) is 28.7. The zero-order chi connectivity index (χ0) is 33.5. The van der Waals surface area contributed by atoms with Crippen molar-refractivity contribution >= 4 is 28.8 Å². The van der Waals surface area contributed by atoms with Crippen LogP contribution in [-0.4, -0.2) is 48.5 Å². The summed E-state index contributed by atoms with van der Waals surface area (Å²) in [4.78, 5) is 33.1. The van der Waals surface area contributed by atoms with Crippen molar-refractivity contribution in [2.45, 2.75) is 37.8 Å². The minimum Gasteiger partial charge on any atom is -0.368 e. The third kappa shape index (κ3) is 5.21. The fourth-order valence-corrected chi connectivity index (χ4v) is 8.56. The molecular formula is C40H36N6O2S. The zero-order valence-electron chi connectivity index (χ0n) is 27.1. The molecule has 1 unspecified atom stereocenters. The molecule has 1 saturated heterocycles. The van der Waals surface area contributed by atoms with Gasteiger partial charge in [0, 0.05) is 36.0 Å². The van der Waals surface area contributed by atoms with E-state index in [9.17, 15) is 9.59 Å². The average molecular weight is 665 g/mol. The van der Waals surface area contributed by atoms with Crippen molar-refractivity contribution < 1.29 is 9.59 Å². The van der Waals surface area contributed by atoms with Crippen LogP contribution in [-0.2, 0) is 10.3 Å². The molecule has 2 amide bonds. The molecule has 0 bridgehead atoms. The Bertz CT molecular complexity index is 2190. The van der Waals surface area contributed by atoms with Crippen LogP contribution in [0.1, 0.15) is 45.8 Å². The molecule has 1 fully saturated rings.